The Morgan fingerprint density at radius 1 is 0.840 bits per heavy atom. The van der Waals surface area contributed by atoms with Gasteiger partial charge in [-0.3, -0.25) is 5.43 Å². The van der Waals surface area contributed by atoms with Crippen LogP contribution in [0.15, 0.2) is 84.0 Å². The number of rotatable bonds is 5. The predicted molar refractivity (Wildman–Crippen MR) is 101 cm³/mol. The van der Waals surface area contributed by atoms with Gasteiger partial charge in [0.05, 0.1) is 17.0 Å². The van der Waals surface area contributed by atoms with Gasteiger partial charge in [0.15, 0.2) is 0 Å². The molecule has 0 aliphatic carbocycles. The predicted octanol–water partition coefficient (Wildman–Crippen LogP) is 4.90. The maximum absolute atomic E-state index is 11.3. The van der Waals surface area contributed by atoms with Crippen molar-refractivity contribution in [1.82, 2.24) is 0 Å². The number of nitrogens with one attached hydrogen (secondary N) is 1. The molecule has 0 unspecified atom stereocenters. The van der Waals surface area contributed by atoms with Gasteiger partial charge >= 0.3 is 5.97 Å². The average Bonchev–Trinajstić information content (AvgIpc) is 2.64. The Morgan fingerprint density at radius 3 is 2.12 bits per heavy atom. The van der Waals surface area contributed by atoms with Crippen molar-refractivity contribution in [2.24, 2.45) is 5.10 Å². The van der Waals surface area contributed by atoms with Crippen molar-refractivity contribution in [3.8, 4) is 0 Å². The molecule has 0 atom stereocenters. The molecule has 3 rings (SSSR count). The second kappa shape index (κ2) is 7.64. The summed E-state index contributed by atoms with van der Waals surface area (Å²) in [4.78, 5) is 11.3. The Labute approximate surface area is 150 Å². The normalized spacial score (nSPS) is 11.2. The van der Waals surface area contributed by atoms with Crippen molar-refractivity contribution in [3.05, 3.63) is 101 Å². The number of carbonyl (C=O) groups is 1. The van der Waals surface area contributed by atoms with E-state index in [-0.39, 0.29) is 5.56 Å². The molecule has 0 aromatic heterocycles. The molecule has 25 heavy (non-hydrogen) atoms. The fraction of sp³-hybridized carbons (Fsp3) is 0. The first-order chi connectivity index (χ1) is 12.1. The Morgan fingerprint density at radius 2 is 1.44 bits per heavy atom. The van der Waals surface area contributed by atoms with Crippen LogP contribution in [-0.4, -0.2) is 16.8 Å². The molecule has 0 aliphatic heterocycles. The first-order valence-electron chi connectivity index (χ1n) is 7.62. The second-order valence-corrected chi connectivity index (χ2v) is 5.73. The number of hydrogen-bond donors (Lipinski definition) is 2. The summed E-state index contributed by atoms with van der Waals surface area (Å²) in [6.45, 7) is 0. The maximum Gasteiger partial charge on any atom is 0.337 e. The molecule has 0 saturated heterocycles. The number of nitrogens with zero attached hydrogens (tertiary/aromatic N) is 1. The van der Waals surface area contributed by atoms with E-state index in [4.69, 9.17) is 11.6 Å². The minimum atomic E-state index is -1.01. The van der Waals surface area contributed by atoms with E-state index in [1.807, 2.05) is 42.5 Å². The zero-order chi connectivity index (χ0) is 17.6. The summed E-state index contributed by atoms with van der Waals surface area (Å²) in [5, 5.41) is 14.4. The summed E-state index contributed by atoms with van der Waals surface area (Å²) < 4.78 is 0. The van der Waals surface area contributed by atoms with Crippen LogP contribution < -0.4 is 5.43 Å². The lowest BCUT2D eigenvalue weighted by molar-refractivity contribution is 0.0698. The van der Waals surface area contributed by atoms with E-state index in [0.29, 0.717) is 16.4 Å². The molecule has 0 fully saturated rings. The van der Waals surface area contributed by atoms with E-state index in [1.54, 1.807) is 30.3 Å². The summed E-state index contributed by atoms with van der Waals surface area (Å²) in [6.07, 6.45) is 0. The molecule has 0 spiro atoms. The number of hydrazone groups is 1. The van der Waals surface area contributed by atoms with E-state index < -0.39 is 5.97 Å². The van der Waals surface area contributed by atoms with Gasteiger partial charge in [0.25, 0.3) is 0 Å². The third kappa shape index (κ3) is 4.05. The Kier molecular flexibility index (Phi) is 5.11. The summed E-state index contributed by atoms with van der Waals surface area (Å²) in [6, 6.07) is 23.6. The van der Waals surface area contributed by atoms with E-state index in [0.717, 1.165) is 11.1 Å². The van der Waals surface area contributed by atoms with Gasteiger partial charge in [-0.2, -0.15) is 5.10 Å². The van der Waals surface area contributed by atoms with Gasteiger partial charge in [0, 0.05) is 16.1 Å². The van der Waals surface area contributed by atoms with Gasteiger partial charge in [-0.1, -0.05) is 66.2 Å². The standard InChI is InChI=1S/C20H15ClN2O2/c21-16-12-10-15(11-13-16)19(14-6-2-1-3-7-14)23-22-18-9-5-4-8-17(18)20(24)25/h1-13,22H,(H,24,25)/b23-19+. The number of para-hydroxylation sites is 1. The van der Waals surface area contributed by atoms with Gasteiger partial charge in [-0.25, -0.2) is 4.79 Å². The van der Waals surface area contributed by atoms with E-state index in [2.05, 4.69) is 10.5 Å². The minimum Gasteiger partial charge on any atom is -0.478 e. The molecule has 0 amide bonds. The molecule has 0 heterocycles. The van der Waals surface area contributed by atoms with Crippen LogP contribution in [-0.2, 0) is 0 Å². The molecule has 5 heteroatoms. The van der Waals surface area contributed by atoms with Crippen molar-refractivity contribution in [3.63, 3.8) is 0 Å². The molecule has 3 aromatic carbocycles. The average molecular weight is 351 g/mol. The first-order valence-corrected chi connectivity index (χ1v) is 8.00. The van der Waals surface area contributed by atoms with E-state index >= 15 is 0 Å². The number of carboxylic acid groups (broad SMARTS) is 1. The molecule has 2 N–H and O–H groups in total. The molecule has 3 aromatic rings. The fourth-order valence-corrected chi connectivity index (χ4v) is 2.51. The number of halogens is 1. The Bertz CT molecular complexity index is 906. The number of hydrogen-bond acceptors (Lipinski definition) is 3. The van der Waals surface area contributed by atoms with Crippen molar-refractivity contribution in [1.29, 1.82) is 0 Å². The number of anilines is 1. The van der Waals surface area contributed by atoms with Gasteiger partial charge in [-0.15, -0.1) is 0 Å². The molecule has 0 radical (unpaired) electrons. The van der Waals surface area contributed by atoms with Gasteiger partial charge in [-0.05, 0) is 24.3 Å². The van der Waals surface area contributed by atoms with Crippen LogP contribution in [0.25, 0.3) is 0 Å². The third-order valence-corrected chi connectivity index (χ3v) is 3.86. The van der Waals surface area contributed by atoms with Crippen LogP contribution in [0, 0.1) is 0 Å². The zero-order valence-electron chi connectivity index (χ0n) is 13.2. The van der Waals surface area contributed by atoms with Gasteiger partial charge < -0.3 is 5.11 Å². The molecule has 0 aliphatic rings. The van der Waals surface area contributed by atoms with Crippen LogP contribution in [0.1, 0.15) is 21.5 Å². The van der Waals surface area contributed by atoms with Crippen LogP contribution in [0.4, 0.5) is 5.69 Å². The van der Waals surface area contributed by atoms with E-state index in [9.17, 15) is 9.90 Å². The highest BCUT2D eigenvalue weighted by Crippen LogP contribution is 2.18. The number of carboxylic acids is 1. The highest BCUT2D eigenvalue weighted by Gasteiger charge is 2.10. The Balaban J connectivity index is 2.02. The highest BCUT2D eigenvalue weighted by atomic mass is 35.5. The van der Waals surface area contributed by atoms with Crippen LogP contribution in [0.3, 0.4) is 0 Å². The van der Waals surface area contributed by atoms with E-state index in [1.165, 1.54) is 6.07 Å². The summed E-state index contributed by atoms with van der Waals surface area (Å²) >= 11 is 5.97. The Hall–Kier alpha value is -3.11. The van der Waals surface area contributed by atoms with Crippen LogP contribution >= 0.6 is 11.6 Å². The number of benzene rings is 3. The largest absolute Gasteiger partial charge is 0.478 e. The lowest BCUT2D eigenvalue weighted by atomic mass is 10.0. The van der Waals surface area contributed by atoms with Crippen LogP contribution in [0.5, 0.6) is 0 Å². The first kappa shape index (κ1) is 16.7. The monoisotopic (exact) mass is 350 g/mol. The highest BCUT2D eigenvalue weighted by molar-refractivity contribution is 6.30. The molecule has 4 nitrogen and oxygen atoms in total. The summed E-state index contributed by atoms with van der Waals surface area (Å²) in [5.41, 5.74) is 5.94. The summed E-state index contributed by atoms with van der Waals surface area (Å²) in [7, 11) is 0. The van der Waals surface area contributed by atoms with Gasteiger partial charge in [0.2, 0.25) is 0 Å². The topological polar surface area (TPSA) is 61.7 Å². The molecule has 0 saturated carbocycles. The molecular formula is C20H15ClN2O2. The van der Waals surface area contributed by atoms with Gasteiger partial charge in [0.1, 0.15) is 0 Å². The van der Waals surface area contributed by atoms with Crippen molar-refractivity contribution in [2.45, 2.75) is 0 Å². The van der Waals surface area contributed by atoms with Crippen molar-refractivity contribution < 1.29 is 9.90 Å². The number of aromatic carboxylic acids is 1. The maximum atomic E-state index is 11.3. The van der Waals surface area contributed by atoms with Crippen molar-refractivity contribution in [2.75, 3.05) is 5.43 Å². The molecular weight excluding hydrogens is 336 g/mol. The second-order valence-electron chi connectivity index (χ2n) is 5.30. The van der Waals surface area contributed by atoms with Crippen molar-refractivity contribution >= 4 is 29.0 Å². The lowest BCUT2D eigenvalue weighted by Gasteiger charge is -2.10. The molecule has 0 bridgehead atoms. The lowest BCUT2D eigenvalue weighted by Crippen LogP contribution is -2.08. The quantitative estimate of drug-likeness (QED) is 0.508. The van der Waals surface area contributed by atoms with Crippen LogP contribution in [0.2, 0.25) is 5.02 Å². The SMILES string of the molecule is O=C(O)c1ccccc1N/N=C(\c1ccccc1)c1ccc(Cl)cc1. The zero-order valence-corrected chi connectivity index (χ0v) is 13.9. The smallest absolute Gasteiger partial charge is 0.337 e. The fourth-order valence-electron chi connectivity index (χ4n) is 2.38. The minimum absolute atomic E-state index is 0.162. The summed E-state index contributed by atoms with van der Waals surface area (Å²) in [5.74, 6) is -1.01. The molecule has 124 valence electrons. The third-order valence-electron chi connectivity index (χ3n) is 3.61.